The summed E-state index contributed by atoms with van der Waals surface area (Å²) >= 11 is 8.11. The van der Waals surface area contributed by atoms with E-state index in [0.29, 0.717) is 63.4 Å². The van der Waals surface area contributed by atoms with Gasteiger partial charge in [-0.15, -0.1) is 0 Å². The largest absolute Gasteiger partial charge is 0.388 e. The molecule has 9 nitrogen and oxygen atoms in total. The molecule has 11 heteroatoms. The van der Waals surface area contributed by atoms with Gasteiger partial charge in [0.25, 0.3) is 5.56 Å². The second-order valence-electron chi connectivity index (χ2n) is 10.9. The molecule has 3 aliphatic heterocycles. The maximum atomic E-state index is 13.3. The summed E-state index contributed by atoms with van der Waals surface area (Å²) in [5.74, 6) is 0.874. The lowest BCUT2D eigenvalue weighted by Crippen LogP contribution is -2.42. The standard InChI is InChI=1S/C27H32ClN5O4S/c1-18-12-26(16-37-18)4-8-32(9-5-26)21-13-30-22(14-29-21)38-20-3-2-19-23(24(20)28)25(34)33(17-31-19)15-27(35)6-10-36-11-7-27/h2-3,13-14,17-18,35H,4-12,15-16H2,1H3/t18-/m0/s1. The monoisotopic (exact) mass is 557 g/mol. The third-order valence-electron chi connectivity index (χ3n) is 8.16. The molecule has 1 N–H and O–H groups in total. The molecule has 0 amide bonds. The number of ether oxygens (including phenoxy) is 2. The van der Waals surface area contributed by atoms with E-state index in [0.717, 1.165) is 44.8 Å². The molecule has 6 rings (SSSR count). The number of rotatable bonds is 5. The minimum absolute atomic E-state index is 0.155. The Morgan fingerprint density at radius 1 is 1.13 bits per heavy atom. The highest BCUT2D eigenvalue weighted by atomic mass is 35.5. The third kappa shape index (κ3) is 5.16. The molecule has 0 saturated carbocycles. The van der Waals surface area contributed by atoms with Crippen LogP contribution in [-0.2, 0) is 16.0 Å². The number of hydrogen-bond donors (Lipinski definition) is 1. The number of aliphatic hydroxyl groups is 1. The van der Waals surface area contributed by atoms with Crippen LogP contribution in [0.25, 0.3) is 10.9 Å². The normalized spacial score (nSPS) is 22.8. The van der Waals surface area contributed by atoms with Gasteiger partial charge in [0.05, 0.1) is 59.5 Å². The summed E-state index contributed by atoms with van der Waals surface area (Å²) in [7, 11) is 0. The summed E-state index contributed by atoms with van der Waals surface area (Å²) in [4.78, 5) is 30.1. The number of nitrogens with zero attached hydrogens (tertiary/aromatic N) is 5. The highest BCUT2D eigenvalue weighted by molar-refractivity contribution is 7.99. The summed E-state index contributed by atoms with van der Waals surface area (Å²) in [6.07, 6.45) is 9.72. The van der Waals surface area contributed by atoms with Crippen molar-refractivity contribution in [3.8, 4) is 0 Å². The zero-order valence-electron chi connectivity index (χ0n) is 21.4. The van der Waals surface area contributed by atoms with E-state index in [9.17, 15) is 9.90 Å². The molecule has 3 aliphatic rings. The van der Waals surface area contributed by atoms with Gasteiger partial charge in [-0.1, -0.05) is 23.4 Å². The van der Waals surface area contributed by atoms with Crippen molar-refractivity contribution in [2.24, 2.45) is 5.41 Å². The van der Waals surface area contributed by atoms with Crippen LogP contribution in [0.15, 0.2) is 45.6 Å². The van der Waals surface area contributed by atoms with Crippen molar-refractivity contribution in [2.75, 3.05) is 37.8 Å². The van der Waals surface area contributed by atoms with E-state index in [1.54, 1.807) is 12.3 Å². The zero-order chi connectivity index (χ0) is 26.3. The van der Waals surface area contributed by atoms with Gasteiger partial charge in [-0.05, 0) is 43.7 Å². The molecule has 2 aromatic heterocycles. The molecule has 0 aliphatic carbocycles. The van der Waals surface area contributed by atoms with E-state index in [-0.39, 0.29) is 12.1 Å². The van der Waals surface area contributed by atoms with Crippen LogP contribution in [0.5, 0.6) is 0 Å². The fourth-order valence-corrected chi connectivity index (χ4v) is 6.97. The topological polar surface area (TPSA) is 103 Å². The molecule has 1 atom stereocenters. The first kappa shape index (κ1) is 26.0. The van der Waals surface area contributed by atoms with Crippen molar-refractivity contribution < 1.29 is 14.6 Å². The van der Waals surface area contributed by atoms with Crippen molar-refractivity contribution in [3.63, 3.8) is 0 Å². The smallest absolute Gasteiger partial charge is 0.262 e. The van der Waals surface area contributed by atoms with E-state index in [2.05, 4.69) is 26.8 Å². The van der Waals surface area contributed by atoms with Crippen LogP contribution in [0.2, 0.25) is 5.02 Å². The van der Waals surface area contributed by atoms with Gasteiger partial charge in [0.1, 0.15) is 10.8 Å². The molecule has 0 bridgehead atoms. The average molecular weight is 558 g/mol. The molecule has 0 radical (unpaired) electrons. The summed E-state index contributed by atoms with van der Waals surface area (Å²) < 4.78 is 12.7. The van der Waals surface area contributed by atoms with Crippen molar-refractivity contribution in [3.05, 3.63) is 46.2 Å². The van der Waals surface area contributed by atoms with Crippen LogP contribution in [0, 0.1) is 5.41 Å². The molecule has 38 heavy (non-hydrogen) atoms. The lowest BCUT2D eigenvalue weighted by molar-refractivity contribution is -0.0733. The first-order valence-corrected chi connectivity index (χ1v) is 14.4. The molecule has 3 fully saturated rings. The third-order valence-corrected chi connectivity index (χ3v) is 9.64. The molecule has 1 aromatic carbocycles. The van der Waals surface area contributed by atoms with E-state index in [4.69, 9.17) is 21.1 Å². The van der Waals surface area contributed by atoms with Gasteiger partial charge in [-0.3, -0.25) is 9.36 Å². The number of halogens is 1. The van der Waals surface area contributed by atoms with Crippen LogP contribution in [-0.4, -0.2) is 69.2 Å². The number of fused-ring (bicyclic) bond motifs is 1. The van der Waals surface area contributed by atoms with E-state index < -0.39 is 5.60 Å². The Balaban J connectivity index is 1.17. The Labute approximate surface area is 230 Å². The Kier molecular flexibility index (Phi) is 7.11. The number of hydrogen-bond acceptors (Lipinski definition) is 9. The van der Waals surface area contributed by atoms with Gasteiger partial charge in [0.15, 0.2) is 0 Å². The Morgan fingerprint density at radius 2 is 1.92 bits per heavy atom. The Bertz CT molecular complexity index is 1370. The highest BCUT2D eigenvalue weighted by Gasteiger charge is 2.41. The summed E-state index contributed by atoms with van der Waals surface area (Å²) in [5, 5.41) is 12.3. The number of piperidine rings is 1. The SMILES string of the molecule is C[C@H]1CC2(CCN(c3cnc(Sc4ccc5ncn(CC6(O)CCOCC6)c(=O)c5c4Cl)cn3)CC2)CO1. The maximum Gasteiger partial charge on any atom is 0.262 e. The fraction of sp³-hybridized carbons (Fsp3) is 0.556. The second-order valence-corrected chi connectivity index (χ2v) is 12.4. The predicted molar refractivity (Wildman–Crippen MR) is 146 cm³/mol. The zero-order valence-corrected chi connectivity index (χ0v) is 23.0. The van der Waals surface area contributed by atoms with Crippen LogP contribution >= 0.6 is 23.4 Å². The molecule has 5 heterocycles. The van der Waals surface area contributed by atoms with Crippen molar-refractivity contribution in [2.45, 2.75) is 67.2 Å². The maximum absolute atomic E-state index is 13.3. The number of aromatic nitrogens is 4. The average Bonchev–Trinajstić information content (AvgIpc) is 3.28. The van der Waals surface area contributed by atoms with Crippen molar-refractivity contribution in [1.82, 2.24) is 19.5 Å². The van der Waals surface area contributed by atoms with Gasteiger partial charge in [-0.25, -0.2) is 15.0 Å². The van der Waals surface area contributed by atoms with Gasteiger partial charge in [0.2, 0.25) is 0 Å². The van der Waals surface area contributed by atoms with E-state index >= 15 is 0 Å². The molecule has 3 saturated heterocycles. The van der Waals surface area contributed by atoms with Gasteiger partial charge < -0.3 is 19.5 Å². The molecule has 1 spiro atoms. The number of anilines is 1. The van der Waals surface area contributed by atoms with E-state index in [1.165, 1.54) is 22.7 Å². The first-order chi connectivity index (χ1) is 18.3. The highest BCUT2D eigenvalue weighted by Crippen LogP contribution is 2.42. The fourth-order valence-electron chi connectivity index (χ4n) is 5.85. The predicted octanol–water partition coefficient (Wildman–Crippen LogP) is 3.93. The Hall–Kier alpha value is -2.24. The first-order valence-electron chi connectivity index (χ1n) is 13.2. The van der Waals surface area contributed by atoms with Crippen molar-refractivity contribution in [1.29, 1.82) is 0 Å². The quantitative estimate of drug-likeness (QED) is 0.500. The van der Waals surface area contributed by atoms with Crippen LogP contribution in [0.1, 0.15) is 39.0 Å². The number of benzene rings is 1. The summed E-state index contributed by atoms with van der Waals surface area (Å²) in [6, 6.07) is 3.64. The molecule has 3 aromatic rings. The minimum atomic E-state index is -0.994. The van der Waals surface area contributed by atoms with Gasteiger partial charge in [-0.2, -0.15) is 0 Å². The summed E-state index contributed by atoms with van der Waals surface area (Å²) in [6.45, 7) is 6.04. The lowest BCUT2D eigenvalue weighted by Gasteiger charge is -2.38. The van der Waals surface area contributed by atoms with Crippen molar-refractivity contribution >= 4 is 40.1 Å². The molecular formula is C27H32ClN5O4S. The second kappa shape index (κ2) is 10.4. The van der Waals surface area contributed by atoms with Crippen LogP contribution in [0.4, 0.5) is 5.82 Å². The molecule has 0 unspecified atom stereocenters. The van der Waals surface area contributed by atoms with E-state index in [1.807, 2.05) is 12.3 Å². The Morgan fingerprint density at radius 3 is 2.61 bits per heavy atom. The van der Waals surface area contributed by atoms with Crippen LogP contribution < -0.4 is 10.5 Å². The molecular weight excluding hydrogens is 526 g/mol. The van der Waals surface area contributed by atoms with Gasteiger partial charge in [0, 0.05) is 44.0 Å². The van der Waals surface area contributed by atoms with Gasteiger partial charge >= 0.3 is 0 Å². The summed E-state index contributed by atoms with van der Waals surface area (Å²) in [5.41, 5.74) is -0.423. The van der Waals surface area contributed by atoms with Crippen LogP contribution in [0.3, 0.4) is 0 Å². The minimum Gasteiger partial charge on any atom is -0.388 e. The lowest BCUT2D eigenvalue weighted by atomic mass is 9.77. The molecule has 202 valence electrons.